The standard InChI is InChI=1S/C21H24N2O3/c1-14-9-8-12-17(22-14)19(24)21(3,4)23-13-26-15(2)18(20(23)25)16-10-6-5-7-11-16/h5-12,19,24H,13H2,1-4H3. The zero-order valence-corrected chi connectivity index (χ0v) is 15.6. The average molecular weight is 352 g/mol. The van der Waals surface area contributed by atoms with E-state index in [9.17, 15) is 9.90 Å². The van der Waals surface area contributed by atoms with E-state index in [0.29, 0.717) is 17.0 Å². The van der Waals surface area contributed by atoms with Gasteiger partial charge in [0.25, 0.3) is 5.91 Å². The molecule has 1 aliphatic heterocycles. The van der Waals surface area contributed by atoms with Crippen molar-refractivity contribution < 1.29 is 14.6 Å². The summed E-state index contributed by atoms with van der Waals surface area (Å²) in [5, 5.41) is 10.9. The molecule has 0 aliphatic carbocycles. The van der Waals surface area contributed by atoms with E-state index in [1.807, 2.05) is 63.2 Å². The number of nitrogens with zero attached hydrogens (tertiary/aromatic N) is 2. The van der Waals surface area contributed by atoms with Crippen molar-refractivity contribution in [2.24, 2.45) is 0 Å². The van der Waals surface area contributed by atoms with Gasteiger partial charge in [0.05, 0.1) is 16.8 Å². The van der Waals surface area contributed by atoms with Crippen molar-refractivity contribution in [1.29, 1.82) is 0 Å². The van der Waals surface area contributed by atoms with Gasteiger partial charge in [-0.3, -0.25) is 14.7 Å². The molecule has 0 radical (unpaired) electrons. The van der Waals surface area contributed by atoms with E-state index < -0.39 is 11.6 Å². The molecule has 1 aromatic heterocycles. The minimum absolute atomic E-state index is 0.0941. The number of rotatable bonds is 4. The second kappa shape index (κ2) is 6.92. The Balaban J connectivity index is 1.95. The number of amides is 1. The van der Waals surface area contributed by atoms with Gasteiger partial charge in [0, 0.05) is 5.69 Å². The lowest BCUT2D eigenvalue weighted by molar-refractivity contribution is -0.146. The van der Waals surface area contributed by atoms with E-state index in [4.69, 9.17) is 4.74 Å². The van der Waals surface area contributed by atoms with E-state index >= 15 is 0 Å². The van der Waals surface area contributed by atoms with Crippen molar-refractivity contribution in [1.82, 2.24) is 9.88 Å². The minimum Gasteiger partial charge on any atom is -0.477 e. The Morgan fingerprint density at radius 2 is 1.81 bits per heavy atom. The van der Waals surface area contributed by atoms with Crippen LogP contribution in [0.5, 0.6) is 0 Å². The van der Waals surface area contributed by atoms with E-state index in [-0.39, 0.29) is 12.6 Å². The monoisotopic (exact) mass is 352 g/mol. The number of carbonyl (C=O) groups is 1. The lowest BCUT2D eigenvalue weighted by Gasteiger charge is -2.43. The van der Waals surface area contributed by atoms with Crippen LogP contribution in [-0.2, 0) is 9.53 Å². The highest BCUT2D eigenvalue weighted by molar-refractivity contribution is 6.20. The van der Waals surface area contributed by atoms with Gasteiger partial charge in [-0.05, 0) is 45.4 Å². The maximum Gasteiger partial charge on any atom is 0.261 e. The lowest BCUT2D eigenvalue weighted by atomic mass is 9.90. The lowest BCUT2D eigenvalue weighted by Crippen LogP contribution is -2.54. The Morgan fingerprint density at radius 1 is 1.12 bits per heavy atom. The third-order valence-electron chi connectivity index (χ3n) is 4.84. The normalized spacial score (nSPS) is 16.5. The fraction of sp³-hybridized carbons (Fsp3) is 0.333. The molecule has 1 N–H and O–H groups in total. The quantitative estimate of drug-likeness (QED) is 0.915. The molecule has 1 unspecified atom stereocenters. The molecule has 1 aromatic carbocycles. The summed E-state index contributed by atoms with van der Waals surface area (Å²) in [5.41, 5.74) is 1.79. The summed E-state index contributed by atoms with van der Waals surface area (Å²) in [4.78, 5) is 19.2. The Morgan fingerprint density at radius 3 is 2.46 bits per heavy atom. The van der Waals surface area contributed by atoms with Crippen LogP contribution in [0, 0.1) is 6.92 Å². The summed E-state index contributed by atoms with van der Waals surface area (Å²) in [5.74, 6) is 0.438. The molecule has 0 saturated carbocycles. The van der Waals surface area contributed by atoms with Gasteiger partial charge in [-0.25, -0.2) is 0 Å². The van der Waals surface area contributed by atoms with Gasteiger partial charge < -0.3 is 9.84 Å². The van der Waals surface area contributed by atoms with E-state index in [0.717, 1.165) is 11.3 Å². The van der Waals surface area contributed by atoms with Crippen molar-refractivity contribution in [2.45, 2.75) is 39.3 Å². The molecule has 2 aromatic rings. The van der Waals surface area contributed by atoms with Crippen LogP contribution in [0.15, 0.2) is 54.3 Å². The first-order chi connectivity index (χ1) is 12.3. The maximum absolute atomic E-state index is 13.2. The number of carbonyl (C=O) groups excluding carboxylic acids is 1. The molecular weight excluding hydrogens is 328 g/mol. The van der Waals surface area contributed by atoms with Gasteiger partial charge in [0.2, 0.25) is 0 Å². The van der Waals surface area contributed by atoms with Gasteiger partial charge in [0.1, 0.15) is 11.9 Å². The van der Waals surface area contributed by atoms with E-state index in [2.05, 4.69) is 4.98 Å². The Labute approximate surface area is 153 Å². The highest BCUT2D eigenvalue weighted by atomic mass is 16.5. The summed E-state index contributed by atoms with van der Waals surface area (Å²) >= 11 is 0. The molecule has 1 atom stereocenters. The average Bonchev–Trinajstić information content (AvgIpc) is 2.61. The first-order valence-electron chi connectivity index (χ1n) is 8.65. The summed E-state index contributed by atoms with van der Waals surface area (Å²) in [7, 11) is 0. The summed E-state index contributed by atoms with van der Waals surface area (Å²) in [6, 6.07) is 14.9. The number of aromatic nitrogens is 1. The second-order valence-corrected chi connectivity index (χ2v) is 7.06. The number of aliphatic hydroxyl groups is 1. The van der Waals surface area contributed by atoms with Gasteiger partial charge in [-0.1, -0.05) is 36.4 Å². The number of aliphatic hydroxyl groups excluding tert-OH is 1. The zero-order valence-electron chi connectivity index (χ0n) is 15.6. The molecule has 26 heavy (non-hydrogen) atoms. The summed E-state index contributed by atoms with van der Waals surface area (Å²) in [6.45, 7) is 7.41. The molecule has 3 rings (SSSR count). The third kappa shape index (κ3) is 3.22. The van der Waals surface area contributed by atoms with E-state index in [1.165, 1.54) is 0 Å². The molecule has 5 heteroatoms. The first kappa shape index (κ1) is 18.1. The Hall–Kier alpha value is -2.66. The van der Waals surface area contributed by atoms with Crippen molar-refractivity contribution in [2.75, 3.05) is 6.73 Å². The molecule has 1 amide bonds. The number of pyridine rings is 1. The van der Waals surface area contributed by atoms with E-state index in [1.54, 1.807) is 17.9 Å². The zero-order chi connectivity index (χ0) is 18.9. The minimum atomic E-state index is -0.939. The van der Waals surface area contributed by atoms with Crippen LogP contribution in [0.1, 0.15) is 43.8 Å². The molecule has 0 spiro atoms. The number of aryl methyl sites for hydroxylation is 1. The van der Waals surface area contributed by atoms with Gasteiger partial charge in [-0.2, -0.15) is 0 Å². The Bertz CT molecular complexity index is 843. The predicted molar refractivity (Wildman–Crippen MR) is 99.8 cm³/mol. The van der Waals surface area contributed by atoms with Crippen molar-refractivity contribution >= 4 is 11.5 Å². The Kier molecular flexibility index (Phi) is 4.83. The number of hydrogen-bond acceptors (Lipinski definition) is 4. The molecule has 0 fully saturated rings. The van der Waals surface area contributed by atoms with Crippen LogP contribution in [0.4, 0.5) is 0 Å². The SMILES string of the molecule is CC1=C(c2ccccc2)C(=O)N(C(C)(C)C(O)c2cccc(C)n2)CO1. The molecule has 2 heterocycles. The van der Waals surface area contributed by atoms with Crippen LogP contribution in [0.3, 0.4) is 0 Å². The van der Waals surface area contributed by atoms with Crippen LogP contribution in [0.25, 0.3) is 5.57 Å². The van der Waals surface area contributed by atoms with Crippen LogP contribution < -0.4 is 0 Å². The molecule has 0 saturated heterocycles. The van der Waals surface area contributed by atoms with Crippen molar-refractivity contribution in [3.8, 4) is 0 Å². The third-order valence-corrected chi connectivity index (χ3v) is 4.84. The van der Waals surface area contributed by atoms with Gasteiger partial charge >= 0.3 is 0 Å². The highest BCUT2D eigenvalue weighted by Crippen LogP contribution is 2.36. The topological polar surface area (TPSA) is 62.7 Å². The van der Waals surface area contributed by atoms with Crippen LogP contribution >= 0.6 is 0 Å². The first-order valence-corrected chi connectivity index (χ1v) is 8.65. The smallest absolute Gasteiger partial charge is 0.261 e. The van der Waals surface area contributed by atoms with Crippen LogP contribution in [0.2, 0.25) is 0 Å². The predicted octanol–water partition coefficient (Wildman–Crippen LogP) is 3.45. The van der Waals surface area contributed by atoms with Crippen molar-refractivity contribution in [3.63, 3.8) is 0 Å². The fourth-order valence-corrected chi connectivity index (χ4v) is 3.16. The fourth-order valence-electron chi connectivity index (χ4n) is 3.16. The molecule has 1 aliphatic rings. The molecule has 5 nitrogen and oxygen atoms in total. The summed E-state index contributed by atoms with van der Waals surface area (Å²) < 4.78 is 5.78. The second-order valence-electron chi connectivity index (χ2n) is 7.06. The summed E-state index contributed by atoms with van der Waals surface area (Å²) in [6.07, 6.45) is -0.939. The van der Waals surface area contributed by atoms with Crippen molar-refractivity contribution in [3.05, 3.63) is 71.2 Å². The molecule has 0 bridgehead atoms. The van der Waals surface area contributed by atoms with Gasteiger partial charge in [0.15, 0.2) is 6.73 Å². The molecule has 136 valence electrons. The largest absolute Gasteiger partial charge is 0.477 e. The number of allylic oxidation sites excluding steroid dienone is 1. The van der Waals surface area contributed by atoms with Gasteiger partial charge in [-0.15, -0.1) is 0 Å². The molecular formula is C21H24N2O3. The number of benzene rings is 1. The number of ether oxygens (including phenoxy) is 1. The maximum atomic E-state index is 13.2. The van der Waals surface area contributed by atoms with Crippen LogP contribution in [-0.4, -0.2) is 33.2 Å². The highest BCUT2D eigenvalue weighted by Gasteiger charge is 2.42. The number of hydrogen-bond donors (Lipinski definition) is 1.